The van der Waals surface area contributed by atoms with Gasteiger partial charge in [-0.2, -0.15) is 0 Å². The van der Waals surface area contributed by atoms with Crippen LogP contribution >= 0.6 is 0 Å². The molecule has 0 aliphatic heterocycles. The van der Waals surface area contributed by atoms with E-state index in [1.54, 1.807) is 14.0 Å². The van der Waals surface area contributed by atoms with Gasteiger partial charge in [0.2, 0.25) is 0 Å². The van der Waals surface area contributed by atoms with Crippen molar-refractivity contribution in [2.75, 3.05) is 7.11 Å². The number of aliphatic hydroxyl groups excluding tert-OH is 1. The molecule has 88 valence electrons. The Labute approximate surface area is 94.0 Å². The van der Waals surface area contributed by atoms with E-state index in [-0.39, 0.29) is 0 Å². The fourth-order valence-corrected chi connectivity index (χ4v) is 1.20. The van der Waals surface area contributed by atoms with E-state index in [1.807, 2.05) is 6.92 Å². The Bertz CT molecular complexity index is 212. The number of ether oxygens (including phenoxy) is 1. The molecule has 2 unspecified atom stereocenters. The summed E-state index contributed by atoms with van der Waals surface area (Å²) in [6.07, 6.45) is 5.23. The van der Waals surface area contributed by atoms with Crippen LogP contribution in [0.25, 0.3) is 0 Å². The van der Waals surface area contributed by atoms with E-state index in [9.17, 15) is 5.11 Å². The molecular formula is C13H24O2. The number of hydrogen-bond acceptors (Lipinski definition) is 2. The lowest BCUT2D eigenvalue weighted by Gasteiger charge is -2.24. The van der Waals surface area contributed by atoms with Gasteiger partial charge in [-0.05, 0) is 20.3 Å². The first-order valence-electron chi connectivity index (χ1n) is 5.80. The number of aliphatic hydroxyl groups is 1. The normalized spacial score (nSPS) is 16.3. The highest BCUT2D eigenvalue weighted by molar-refractivity contribution is 5.15. The fourth-order valence-electron chi connectivity index (χ4n) is 1.20. The lowest BCUT2D eigenvalue weighted by Crippen LogP contribution is -2.37. The van der Waals surface area contributed by atoms with Gasteiger partial charge in [0.25, 0.3) is 0 Å². The number of rotatable bonds is 6. The lowest BCUT2D eigenvalue weighted by molar-refractivity contribution is -0.0406. The van der Waals surface area contributed by atoms with Crippen molar-refractivity contribution in [2.45, 2.75) is 64.6 Å². The maximum atomic E-state index is 9.48. The third-order valence-corrected chi connectivity index (χ3v) is 2.71. The molecule has 0 fully saturated rings. The van der Waals surface area contributed by atoms with E-state index < -0.39 is 11.7 Å². The molecule has 0 amide bonds. The van der Waals surface area contributed by atoms with Crippen molar-refractivity contribution in [2.24, 2.45) is 0 Å². The van der Waals surface area contributed by atoms with E-state index in [1.165, 1.54) is 19.3 Å². The highest BCUT2D eigenvalue weighted by Gasteiger charge is 2.26. The van der Waals surface area contributed by atoms with Crippen molar-refractivity contribution in [1.29, 1.82) is 0 Å². The van der Waals surface area contributed by atoms with Crippen LogP contribution in [0, 0.1) is 11.8 Å². The first-order valence-corrected chi connectivity index (χ1v) is 5.80. The molecule has 0 aromatic rings. The Hall–Kier alpha value is -0.520. The van der Waals surface area contributed by atoms with Crippen LogP contribution in [-0.2, 0) is 4.74 Å². The van der Waals surface area contributed by atoms with E-state index >= 15 is 0 Å². The van der Waals surface area contributed by atoms with Crippen molar-refractivity contribution >= 4 is 0 Å². The summed E-state index contributed by atoms with van der Waals surface area (Å²) in [7, 11) is 1.58. The molecule has 0 aliphatic carbocycles. The molecule has 0 aromatic heterocycles. The average molecular weight is 212 g/mol. The smallest absolute Gasteiger partial charge is 0.150 e. The zero-order valence-corrected chi connectivity index (χ0v) is 10.5. The lowest BCUT2D eigenvalue weighted by atomic mass is 10.0. The second kappa shape index (κ2) is 7.73. The molecule has 15 heavy (non-hydrogen) atoms. The highest BCUT2D eigenvalue weighted by atomic mass is 16.5. The molecule has 1 N–H and O–H groups in total. The van der Waals surface area contributed by atoms with Gasteiger partial charge in [0, 0.05) is 13.5 Å². The first kappa shape index (κ1) is 14.5. The van der Waals surface area contributed by atoms with Crippen LogP contribution in [0.3, 0.4) is 0 Å². The Balaban J connectivity index is 3.92. The van der Waals surface area contributed by atoms with Gasteiger partial charge in [-0.3, -0.25) is 0 Å². The van der Waals surface area contributed by atoms with Crippen LogP contribution in [0.5, 0.6) is 0 Å². The minimum absolute atomic E-state index is 0.564. The molecule has 2 atom stereocenters. The molecule has 2 nitrogen and oxygen atoms in total. The van der Waals surface area contributed by atoms with Crippen LogP contribution in [-0.4, -0.2) is 23.9 Å². The summed E-state index contributed by atoms with van der Waals surface area (Å²) in [5, 5.41) is 9.48. The molecule has 2 heteroatoms. The van der Waals surface area contributed by atoms with Crippen molar-refractivity contribution in [3.8, 4) is 11.8 Å². The molecule has 0 aliphatic rings. The molecule has 0 saturated heterocycles. The monoisotopic (exact) mass is 212 g/mol. The number of unbranched alkanes of at least 4 members (excludes halogenated alkanes) is 4. The summed E-state index contributed by atoms with van der Waals surface area (Å²) in [6, 6.07) is 0. The second-order valence-electron chi connectivity index (χ2n) is 4.10. The fraction of sp³-hybridized carbons (Fsp3) is 0.846. The van der Waals surface area contributed by atoms with Crippen molar-refractivity contribution < 1.29 is 9.84 Å². The van der Waals surface area contributed by atoms with Crippen molar-refractivity contribution in [3.05, 3.63) is 0 Å². The first-order chi connectivity index (χ1) is 7.06. The van der Waals surface area contributed by atoms with E-state index in [0.717, 1.165) is 12.8 Å². The molecule has 0 bridgehead atoms. The minimum Gasteiger partial charge on any atom is -0.389 e. The highest BCUT2D eigenvalue weighted by Crippen LogP contribution is 2.13. The Morgan fingerprint density at radius 1 is 1.33 bits per heavy atom. The number of methoxy groups -OCH3 is 1. The van der Waals surface area contributed by atoms with Crippen LogP contribution in [0.1, 0.15) is 52.9 Å². The van der Waals surface area contributed by atoms with Gasteiger partial charge in [-0.1, -0.05) is 32.1 Å². The summed E-state index contributed by atoms with van der Waals surface area (Å²) in [5.74, 6) is 6.08. The van der Waals surface area contributed by atoms with Crippen LogP contribution in [0.15, 0.2) is 0 Å². The van der Waals surface area contributed by atoms with E-state index in [2.05, 4.69) is 18.8 Å². The van der Waals surface area contributed by atoms with Gasteiger partial charge < -0.3 is 9.84 Å². The van der Waals surface area contributed by atoms with Crippen LogP contribution in [0.4, 0.5) is 0 Å². The Morgan fingerprint density at radius 2 is 2.00 bits per heavy atom. The van der Waals surface area contributed by atoms with E-state index in [0.29, 0.717) is 0 Å². The van der Waals surface area contributed by atoms with E-state index in [4.69, 9.17) is 4.74 Å². The molecule has 0 radical (unpaired) electrons. The molecule has 0 heterocycles. The standard InChI is InChI=1S/C13H24O2/c1-5-6-7-8-9-10-11-13(3,15-4)12(2)14/h12,14H,5-9H2,1-4H3. The van der Waals surface area contributed by atoms with Crippen LogP contribution in [0.2, 0.25) is 0 Å². The topological polar surface area (TPSA) is 29.5 Å². The van der Waals surface area contributed by atoms with Gasteiger partial charge in [0.1, 0.15) is 0 Å². The third kappa shape index (κ3) is 5.81. The maximum absolute atomic E-state index is 9.48. The van der Waals surface area contributed by atoms with Gasteiger partial charge >= 0.3 is 0 Å². The SMILES string of the molecule is CCCCCCC#CC(C)(OC)C(C)O. The van der Waals surface area contributed by atoms with Gasteiger partial charge in [-0.15, -0.1) is 5.92 Å². The van der Waals surface area contributed by atoms with Gasteiger partial charge in [0.15, 0.2) is 5.60 Å². The quantitative estimate of drug-likeness (QED) is 0.542. The molecule has 0 aromatic carbocycles. The Morgan fingerprint density at radius 3 is 2.47 bits per heavy atom. The summed E-state index contributed by atoms with van der Waals surface area (Å²) in [5.41, 5.74) is -0.718. The summed E-state index contributed by atoms with van der Waals surface area (Å²) < 4.78 is 5.20. The van der Waals surface area contributed by atoms with Crippen LogP contribution < -0.4 is 0 Å². The van der Waals surface area contributed by atoms with Gasteiger partial charge in [-0.25, -0.2) is 0 Å². The summed E-state index contributed by atoms with van der Waals surface area (Å²) in [4.78, 5) is 0. The molecule has 0 spiro atoms. The predicted molar refractivity (Wildman–Crippen MR) is 63.6 cm³/mol. The minimum atomic E-state index is -0.718. The molecule has 0 saturated carbocycles. The largest absolute Gasteiger partial charge is 0.389 e. The molecular weight excluding hydrogens is 188 g/mol. The number of hydrogen-bond donors (Lipinski definition) is 1. The van der Waals surface area contributed by atoms with Crippen molar-refractivity contribution in [3.63, 3.8) is 0 Å². The summed E-state index contributed by atoms with van der Waals surface area (Å²) in [6.45, 7) is 5.72. The zero-order chi connectivity index (χ0) is 11.7. The molecule has 0 rings (SSSR count). The van der Waals surface area contributed by atoms with Crippen molar-refractivity contribution in [1.82, 2.24) is 0 Å². The second-order valence-corrected chi connectivity index (χ2v) is 4.10. The maximum Gasteiger partial charge on any atom is 0.150 e. The zero-order valence-electron chi connectivity index (χ0n) is 10.5. The summed E-state index contributed by atoms with van der Waals surface area (Å²) >= 11 is 0. The predicted octanol–water partition coefficient (Wildman–Crippen LogP) is 2.75. The Kier molecular flexibility index (Phi) is 7.46. The third-order valence-electron chi connectivity index (χ3n) is 2.71. The average Bonchev–Trinajstić information content (AvgIpc) is 2.22. The van der Waals surface area contributed by atoms with Gasteiger partial charge in [0.05, 0.1) is 6.10 Å².